The molecule has 1 aromatic heterocycles. The Bertz CT molecular complexity index is 1050. The van der Waals surface area contributed by atoms with E-state index in [2.05, 4.69) is 31.4 Å². The molecule has 3 N–H and O–H groups in total. The lowest BCUT2D eigenvalue weighted by Gasteiger charge is -2.14. The number of ether oxygens (including phenoxy) is 1. The van der Waals surface area contributed by atoms with Crippen molar-refractivity contribution in [2.45, 2.75) is 39.7 Å². The molecule has 158 valence electrons. The average molecular weight is 409 g/mol. The van der Waals surface area contributed by atoms with E-state index in [1.807, 2.05) is 37.3 Å². The molecular formula is C23H28N4O3. The summed E-state index contributed by atoms with van der Waals surface area (Å²) in [5, 5.41) is 20.2. The van der Waals surface area contributed by atoms with E-state index in [1.54, 1.807) is 30.0 Å². The molecule has 0 aliphatic rings. The molecule has 7 heteroatoms. The van der Waals surface area contributed by atoms with E-state index in [1.165, 1.54) is 0 Å². The smallest absolute Gasteiger partial charge is 0.320 e. The van der Waals surface area contributed by atoms with E-state index in [9.17, 15) is 9.90 Å². The number of phenols is 1. The first-order chi connectivity index (χ1) is 14.2. The number of nitrogens with one attached hydrogen (secondary N) is 2. The summed E-state index contributed by atoms with van der Waals surface area (Å²) >= 11 is 0. The number of aryl methyl sites for hydroxylation is 1. The van der Waals surface area contributed by atoms with Crippen molar-refractivity contribution in [2.75, 3.05) is 12.4 Å². The minimum Gasteiger partial charge on any atom is -0.508 e. The van der Waals surface area contributed by atoms with Crippen molar-refractivity contribution in [3.63, 3.8) is 0 Å². The van der Waals surface area contributed by atoms with Crippen LogP contribution in [0, 0.1) is 6.92 Å². The molecule has 0 saturated carbocycles. The lowest BCUT2D eigenvalue weighted by molar-refractivity contribution is 0.251. The average Bonchev–Trinajstić information content (AvgIpc) is 3.12. The molecule has 7 nitrogen and oxygen atoms in total. The van der Waals surface area contributed by atoms with E-state index in [0.29, 0.717) is 11.4 Å². The predicted molar refractivity (Wildman–Crippen MR) is 118 cm³/mol. The number of urea groups is 1. The summed E-state index contributed by atoms with van der Waals surface area (Å²) in [5.74, 6) is 1.43. The van der Waals surface area contributed by atoms with Crippen molar-refractivity contribution in [1.29, 1.82) is 0 Å². The lowest BCUT2D eigenvalue weighted by Crippen LogP contribution is -2.29. The molecule has 0 aliphatic heterocycles. The maximum absolute atomic E-state index is 12.5. The largest absolute Gasteiger partial charge is 0.508 e. The van der Waals surface area contributed by atoms with E-state index in [0.717, 1.165) is 22.7 Å². The third-order valence-corrected chi connectivity index (χ3v) is 4.79. The summed E-state index contributed by atoms with van der Waals surface area (Å²) in [5.41, 5.74) is 3.09. The van der Waals surface area contributed by atoms with Crippen LogP contribution in [0.15, 0.2) is 48.5 Å². The Morgan fingerprint density at radius 3 is 2.57 bits per heavy atom. The van der Waals surface area contributed by atoms with Gasteiger partial charge in [-0.15, -0.1) is 0 Å². The molecule has 2 amide bonds. The van der Waals surface area contributed by atoms with Gasteiger partial charge in [0.2, 0.25) is 0 Å². The highest BCUT2D eigenvalue weighted by molar-refractivity contribution is 5.88. The lowest BCUT2D eigenvalue weighted by atomic mass is 9.92. The molecule has 0 bridgehead atoms. The molecule has 30 heavy (non-hydrogen) atoms. The Labute approximate surface area is 176 Å². The van der Waals surface area contributed by atoms with Crippen LogP contribution >= 0.6 is 0 Å². The standard InChI is InChI=1S/C23H28N4O3/c1-15-10-11-17(12-19(15)30-5)27-21(13-20(26-27)23(2,3)4)25-22(29)24-14-16-8-6-7-9-18(16)28/h6-13,28H,14H2,1-5H3,(H2,24,25,29). The molecular weight excluding hydrogens is 380 g/mol. The third kappa shape index (κ3) is 4.74. The predicted octanol–water partition coefficient (Wildman–Crippen LogP) is 4.51. The highest BCUT2D eigenvalue weighted by atomic mass is 16.5. The first-order valence-electron chi connectivity index (χ1n) is 9.76. The molecule has 0 unspecified atom stereocenters. The summed E-state index contributed by atoms with van der Waals surface area (Å²) in [7, 11) is 1.63. The Balaban J connectivity index is 1.87. The van der Waals surface area contributed by atoms with Crippen LogP contribution < -0.4 is 15.4 Å². The summed E-state index contributed by atoms with van der Waals surface area (Å²) in [6.07, 6.45) is 0. The Morgan fingerprint density at radius 1 is 1.17 bits per heavy atom. The molecule has 0 saturated heterocycles. The van der Waals surface area contributed by atoms with Gasteiger partial charge in [0.05, 0.1) is 18.5 Å². The maximum Gasteiger partial charge on any atom is 0.320 e. The first-order valence-corrected chi connectivity index (χ1v) is 9.76. The second-order valence-corrected chi connectivity index (χ2v) is 8.17. The van der Waals surface area contributed by atoms with Crippen LogP contribution in [0.4, 0.5) is 10.6 Å². The number of hydrogen-bond donors (Lipinski definition) is 3. The highest BCUT2D eigenvalue weighted by Gasteiger charge is 2.22. The maximum atomic E-state index is 12.5. The SMILES string of the molecule is COc1cc(-n2nc(C(C)(C)C)cc2NC(=O)NCc2ccccc2O)ccc1C. The molecule has 0 radical (unpaired) electrons. The van der Waals surface area contributed by atoms with E-state index in [4.69, 9.17) is 9.84 Å². The minimum absolute atomic E-state index is 0.143. The summed E-state index contributed by atoms with van der Waals surface area (Å²) in [4.78, 5) is 12.5. The fourth-order valence-corrected chi connectivity index (χ4v) is 2.97. The molecule has 1 heterocycles. The monoisotopic (exact) mass is 408 g/mol. The van der Waals surface area contributed by atoms with Gasteiger partial charge < -0.3 is 15.2 Å². The number of amides is 2. The van der Waals surface area contributed by atoms with Crippen LogP contribution in [0.25, 0.3) is 5.69 Å². The third-order valence-electron chi connectivity index (χ3n) is 4.79. The molecule has 0 fully saturated rings. The number of methoxy groups -OCH3 is 1. The van der Waals surface area contributed by atoms with Crippen molar-refractivity contribution in [2.24, 2.45) is 0 Å². The quantitative estimate of drug-likeness (QED) is 0.579. The Hall–Kier alpha value is -3.48. The van der Waals surface area contributed by atoms with Gasteiger partial charge in [-0.05, 0) is 24.6 Å². The number of nitrogens with zero attached hydrogens (tertiary/aromatic N) is 2. The van der Waals surface area contributed by atoms with Crippen LogP contribution in [-0.4, -0.2) is 28.0 Å². The number of aromatic hydroxyl groups is 1. The van der Waals surface area contributed by atoms with Gasteiger partial charge in [-0.3, -0.25) is 5.32 Å². The van der Waals surface area contributed by atoms with Gasteiger partial charge in [0.25, 0.3) is 0 Å². The second kappa shape index (κ2) is 8.49. The zero-order valence-electron chi connectivity index (χ0n) is 18.0. The van der Waals surface area contributed by atoms with Crippen LogP contribution in [0.2, 0.25) is 0 Å². The zero-order valence-corrected chi connectivity index (χ0v) is 18.0. The van der Waals surface area contributed by atoms with Crippen LogP contribution in [-0.2, 0) is 12.0 Å². The van der Waals surface area contributed by atoms with Gasteiger partial charge in [0, 0.05) is 29.7 Å². The summed E-state index contributed by atoms with van der Waals surface area (Å²) in [6, 6.07) is 14.1. The summed E-state index contributed by atoms with van der Waals surface area (Å²) < 4.78 is 7.13. The minimum atomic E-state index is -0.390. The molecule has 0 atom stereocenters. The van der Waals surface area contributed by atoms with Crippen LogP contribution in [0.5, 0.6) is 11.5 Å². The van der Waals surface area contributed by atoms with Gasteiger partial charge >= 0.3 is 6.03 Å². The topological polar surface area (TPSA) is 88.4 Å². The molecule has 0 aliphatic carbocycles. The van der Waals surface area contributed by atoms with Gasteiger partial charge in [0.15, 0.2) is 0 Å². The number of carbonyl (C=O) groups is 1. The number of anilines is 1. The van der Waals surface area contributed by atoms with Crippen LogP contribution in [0.3, 0.4) is 0 Å². The Morgan fingerprint density at radius 2 is 1.90 bits per heavy atom. The summed E-state index contributed by atoms with van der Waals surface area (Å²) in [6.45, 7) is 8.38. The van der Waals surface area contributed by atoms with E-state index in [-0.39, 0.29) is 23.7 Å². The van der Waals surface area contributed by atoms with Crippen molar-refractivity contribution >= 4 is 11.8 Å². The number of rotatable bonds is 5. The fraction of sp³-hybridized carbons (Fsp3) is 0.304. The number of phenolic OH excluding ortho intramolecular Hbond substituents is 1. The fourth-order valence-electron chi connectivity index (χ4n) is 2.97. The van der Waals surface area contributed by atoms with Gasteiger partial charge in [-0.1, -0.05) is 45.0 Å². The van der Waals surface area contributed by atoms with E-state index >= 15 is 0 Å². The number of hydrogen-bond acceptors (Lipinski definition) is 4. The zero-order chi connectivity index (χ0) is 21.9. The highest BCUT2D eigenvalue weighted by Crippen LogP contribution is 2.28. The molecule has 0 spiro atoms. The van der Waals surface area contributed by atoms with Gasteiger partial charge in [-0.2, -0.15) is 5.10 Å². The number of carbonyl (C=O) groups excluding carboxylic acids is 1. The van der Waals surface area contributed by atoms with Crippen LogP contribution in [0.1, 0.15) is 37.6 Å². The number of aromatic nitrogens is 2. The Kier molecular flexibility index (Phi) is 6.01. The van der Waals surface area contributed by atoms with Crippen molar-refractivity contribution in [3.05, 3.63) is 65.4 Å². The number of para-hydroxylation sites is 1. The van der Waals surface area contributed by atoms with E-state index < -0.39 is 0 Å². The van der Waals surface area contributed by atoms with Gasteiger partial charge in [0.1, 0.15) is 17.3 Å². The normalized spacial score (nSPS) is 11.2. The number of benzene rings is 2. The van der Waals surface area contributed by atoms with Crippen molar-refractivity contribution < 1.29 is 14.6 Å². The second-order valence-electron chi connectivity index (χ2n) is 8.17. The molecule has 3 aromatic rings. The van der Waals surface area contributed by atoms with Crippen molar-refractivity contribution in [3.8, 4) is 17.2 Å². The van der Waals surface area contributed by atoms with Gasteiger partial charge in [-0.25, -0.2) is 9.48 Å². The van der Waals surface area contributed by atoms with Crippen molar-refractivity contribution in [1.82, 2.24) is 15.1 Å². The molecule has 2 aromatic carbocycles. The molecule has 3 rings (SSSR count). The first kappa shape index (κ1) is 21.2.